The number of benzene rings is 3. The number of aliphatic hydroxyl groups is 1. The van der Waals surface area contributed by atoms with Crippen LogP contribution in [0.2, 0.25) is 18.6 Å². The molecule has 4 heterocycles. The molecule has 2 saturated heterocycles. The zero-order chi connectivity index (χ0) is 37.5. The van der Waals surface area contributed by atoms with Gasteiger partial charge in [-0.15, -0.1) is 5.10 Å². The molecule has 15 heteroatoms. The molecule has 53 heavy (non-hydrogen) atoms. The number of carbonyl (C=O) groups is 2. The van der Waals surface area contributed by atoms with Crippen molar-refractivity contribution in [3.63, 3.8) is 0 Å². The van der Waals surface area contributed by atoms with Gasteiger partial charge in [0.25, 0.3) is 11.6 Å². The van der Waals surface area contributed by atoms with Gasteiger partial charge in [-0.1, -0.05) is 54.6 Å². The largest absolute Gasteiger partial charge is 0.395 e. The molecule has 1 aromatic heterocycles. The molecule has 278 valence electrons. The summed E-state index contributed by atoms with van der Waals surface area (Å²) in [6.07, 6.45) is 3.06. The summed E-state index contributed by atoms with van der Waals surface area (Å²) in [5, 5.41) is 36.9. The van der Waals surface area contributed by atoms with E-state index in [1.807, 2.05) is 49.4 Å². The number of fused-ring (bicyclic) bond motifs is 2. The van der Waals surface area contributed by atoms with E-state index in [-0.39, 0.29) is 36.7 Å². The van der Waals surface area contributed by atoms with E-state index >= 15 is 4.11 Å². The van der Waals surface area contributed by atoms with Crippen LogP contribution >= 0.6 is 0 Å². The maximum atomic E-state index is 16.4. The van der Waals surface area contributed by atoms with Crippen LogP contribution in [0.3, 0.4) is 0 Å². The second-order valence-corrected chi connectivity index (χ2v) is 18.6. The summed E-state index contributed by atoms with van der Waals surface area (Å²) in [5.74, 6) is -1.54. The minimum absolute atomic E-state index is 0.105. The number of aryl methyl sites for hydroxylation is 1. The first-order valence-corrected chi connectivity index (χ1v) is 21.0. The van der Waals surface area contributed by atoms with E-state index in [1.54, 1.807) is 47.1 Å². The monoisotopic (exact) mass is 741 g/mol. The van der Waals surface area contributed by atoms with Gasteiger partial charge in [0.05, 0.1) is 47.5 Å². The number of nitro benzene ring substituents is 1. The van der Waals surface area contributed by atoms with E-state index in [0.29, 0.717) is 35.6 Å². The Balaban J connectivity index is 1.17. The van der Waals surface area contributed by atoms with Crippen LogP contribution in [0.1, 0.15) is 54.5 Å². The second-order valence-electron chi connectivity index (χ2n) is 14.8. The summed E-state index contributed by atoms with van der Waals surface area (Å²) < 4.78 is 24.9. The highest BCUT2D eigenvalue weighted by Gasteiger charge is 2.67. The smallest absolute Gasteiger partial charge is 0.269 e. The van der Waals surface area contributed by atoms with Crippen molar-refractivity contribution >= 4 is 37.3 Å². The third kappa shape index (κ3) is 6.89. The number of aromatic nitrogens is 3. The van der Waals surface area contributed by atoms with E-state index in [4.69, 9.17) is 4.74 Å². The Kier molecular flexibility index (Phi) is 10.0. The minimum Gasteiger partial charge on any atom is -0.395 e. The molecule has 3 aliphatic heterocycles. The van der Waals surface area contributed by atoms with Crippen LogP contribution in [0.15, 0.2) is 79.0 Å². The van der Waals surface area contributed by atoms with Crippen molar-refractivity contribution in [2.75, 3.05) is 23.4 Å². The number of amides is 2. The molecule has 13 nitrogen and oxygen atoms in total. The van der Waals surface area contributed by atoms with E-state index in [0.717, 1.165) is 30.5 Å². The fourth-order valence-corrected chi connectivity index (χ4v) is 11.1. The third-order valence-electron chi connectivity index (χ3n) is 11.0. The molecular weight excluding hydrogens is 698 g/mol. The Morgan fingerprint density at radius 2 is 1.98 bits per heavy atom. The van der Waals surface area contributed by atoms with Crippen LogP contribution in [0.25, 0.3) is 0 Å². The molecule has 6 atom stereocenters. The highest BCUT2D eigenvalue weighted by molar-refractivity contribution is 6.72. The van der Waals surface area contributed by atoms with Gasteiger partial charge in [0.15, 0.2) is 5.60 Å². The fraction of sp³-hybridized carbons (Fsp3) is 0.421. The number of nitro groups is 1. The lowest BCUT2D eigenvalue weighted by Crippen LogP contribution is -2.45. The number of hydrogen-bond donors (Lipinski definition) is 3. The number of nitrogens with one attached hydrogen (secondary N) is 2. The van der Waals surface area contributed by atoms with Crippen LogP contribution in [0.5, 0.6) is 0 Å². The third-order valence-corrected chi connectivity index (χ3v) is 13.5. The Hall–Kier alpha value is -4.83. The lowest BCUT2D eigenvalue weighted by molar-refractivity contribution is -0.385. The predicted octanol–water partition coefficient (Wildman–Crippen LogP) is 5.41. The molecule has 2 amide bonds. The molecule has 1 unspecified atom stereocenters. The van der Waals surface area contributed by atoms with Gasteiger partial charge in [0.1, 0.15) is 0 Å². The maximum absolute atomic E-state index is 16.4. The summed E-state index contributed by atoms with van der Waals surface area (Å²) in [4.78, 5) is 40.7. The number of hydrogen-bond acceptors (Lipinski definition) is 9. The number of aliphatic hydroxyl groups excluding tert-OH is 1. The second kappa shape index (κ2) is 14.5. The predicted molar refractivity (Wildman–Crippen MR) is 198 cm³/mol. The van der Waals surface area contributed by atoms with E-state index < -0.39 is 42.4 Å². The normalized spacial score (nSPS) is 24.5. The maximum Gasteiger partial charge on any atom is 0.269 e. The highest BCUT2D eigenvalue weighted by Crippen LogP contribution is 2.60. The van der Waals surface area contributed by atoms with E-state index in [1.165, 1.54) is 12.1 Å². The number of halogens is 1. The van der Waals surface area contributed by atoms with Gasteiger partial charge in [-0.3, -0.25) is 24.4 Å². The summed E-state index contributed by atoms with van der Waals surface area (Å²) >= 11 is 0. The number of ether oxygens (including phenoxy) is 1. The molecule has 3 N–H and O–H groups in total. The van der Waals surface area contributed by atoms with Crippen molar-refractivity contribution in [1.29, 1.82) is 0 Å². The number of non-ortho nitro benzene ring substituents is 1. The van der Waals surface area contributed by atoms with Crippen molar-refractivity contribution < 1.29 is 28.5 Å². The van der Waals surface area contributed by atoms with Gasteiger partial charge < -0.3 is 29.5 Å². The van der Waals surface area contributed by atoms with Gasteiger partial charge >= 0.3 is 0 Å². The van der Waals surface area contributed by atoms with Gasteiger partial charge in [-0.2, -0.15) is 0 Å². The first kappa shape index (κ1) is 36.5. The molecule has 3 aromatic carbocycles. The van der Waals surface area contributed by atoms with Crippen molar-refractivity contribution in [2.24, 2.45) is 5.92 Å². The summed E-state index contributed by atoms with van der Waals surface area (Å²) in [5.41, 5.74) is 1.15. The topological polar surface area (TPSA) is 165 Å². The summed E-state index contributed by atoms with van der Waals surface area (Å²) in [6, 6.07) is 20.8. The van der Waals surface area contributed by atoms with Crippen LogP contribution in [-0.2, 0) is 33.0 Å². The number of carbonyl (C=O) groups excluding carboxylic acids is 2. The van der Waals surface area contributed by atoms with Crippen molar-refractivity contribution in [2.45, 2.75) is 81.6 Å². The van der Waals surface area contributed by atoms with Crippen LogP contribution in [0, 0.1) is 16.0 Å². The molecular formula is C38H44FN7O6Si. The molecule has 0 radical (unpaired) electrons. The SMILES string of the molecule is C[C@@H]1[C@@H]([Si](C)(C)F)[C@H](CCn2cc(C(CO)c3ccccc3)nn2)O[C@@]12C(=O)N(Cc1cccc(NC(=O)[C@H]3CCCN3)c1)c1ccc([N+](=O)[O-])cc12. The van der Waals surface area contributed by atoms with E-state index in [9.17, 15) is 24.8 Å². The molecule has 0 saturated carbocycles. The Bertz CT molecular complexity index is 2000. The van der Waals surface area contributed by atoms with Crippen molar-refractivity contribution in [3.8, 4) is 0 Å². The molecule has 1 spiro atoms. The van der Waals surface area contributed by atoms with Crippen molar-refractivity contribution in [1.82, 2.24) is 20.3 Å². The minimum atomic E-state index is -3.51. The Labute approximate surface area is 307 Å². The van der Waals surface area contributed by atoms with Gasteiger partial charge in [-0.05, 0) is 68.2 Å². The molecule has 0 aliphatic carbocycles. The quantitative estimate of drug-likeness (QED) is 0.0745. The lowest BCUT2D eigenvalue weighted by atomic mass is 9.82. The molecule has 2 fully saturated rings. The standard InChI is InChI=1S/C38H44FN7O6Si/c1-24-35(53(2,3)39)34(16-18-44-22-32(42-43-44)29(23-47)26-10-5-4-6-11-26)52-38(24)30-20-28(46(50)51)14-15-33(30)45(37(38)49)21-25-9-7-12-27(19-25)41-36(48)31-13-8-17-40-31/h4-7,9-12,14-15,19-20,22,24,29,31,34-35,40,47H,8,13,16-18,21,23H2,1-3H3,(H,41,48)/t24-,29?,31-,34+,35-,38+/m1/s1. The molecule has 0 bridgehead atoms. The first-order chi connectivity index (χ1) is 25.4. The number of anilines is 2. The van der Waals surface area contributed by atoms with Crippen LogP contribution < -0.4 is 15.5 Å². The van der Waals surface area contributed by atoms with Crippen LogP contribution in [0.4, 0.5) is 21.2 Å². The zero-order valence-corrected chi connectivity index (χ0v) is 30.9. The summed E-state index contributed by atoms with van der Waals surface area (Å²) in [7, 11) is -3.51. The average molecular weight is 742 g/mol. The molecule has 7 rings (SSSR count). The molecule has 4 aromatic rings. The zero-order valence-electron chi connectivity index (χ0n) is 29.9. The number of nitrogens with zero attached hydrogens (tertiary/aromatic N) is 5. The Morgan fingerprint density at radius 1 is 1.19 bits per heavy atom. The Morgan fingerprint density at radius 3 is 2.68 bits per heavy atom. The average Bonchev–Trinajstić information content (AvgIpc) is 3.93. The van der Waals surface area contributed by atoms with Crippen LogP contribution in [-0.4, -0.2) is 70.5 Å². The number of rotatable bonds is 12. The molecule has 3 aliphatic rings. The highest BCUT2D eigenvalue weighted by atomic mass is 28.4. The fourth-order valence-electron chi connectivity index (χ4n) is 8.54. The van der Waals surface area contributed by atoms with Gasteiger partial charge in [0.2, 0.25) is 14.3 Å². The van der Waals surface area contributed by atoms with Gasteiger partial charge in [-0.25, -0.2) is 0 Å². The summed E-state index contributed by atoms with van der Waals surface area (Å²) in [6.45, 7) is 6.08. The first-order valence-electron chi connectivity index (χ1n) is 18.1. The van der Waals surface area contributed by atoms with Gasteiger partial charge in [0, 0.05) is 47.6 Å². The van der Waals surface area contributed by atoms with Crippen molar-refractivity contribution in [3.05, 3.63) is 111 Å². The lowest BCUT2D eigenvalue weighted by Gasteiger charge is -2.31. The van der Waals surface area contributed by atoms with E-state index in [2.05, 4.69) is 20.9 Å².